The Bertz CT molecular complexity index is 517. The molecule has 0 saturated carbocycles. The van der Waals surface area contributed by atoms with Crippen LogP contribution in [0.25, 0.3) is 0 Å². The predicted molar refractivity (Wildman–Crippen MR) is 60.3 cm³/mol. The van der Waals surface area contributed by atoms with Crippen LogP contribution in [0.1, 0.15) is 17.5 Å². The molecule has 0 spiro atoms. The first-order valence-corrected chi connectivity index (χ1v) is 6.31. The van der Waals surface area contributed by atoms with Crippen LogP contribution in [0.3, 0.4) is 0 Å². The number of carbonyl (C=O) groups is 1. The van der Waals surface area contributed by atoms with E-state index in [1.807, 2.05) is 0 Å². The molecule has 0 aliphatic carbocycles. The van der Waals surface area contributed by atoms with Crippen molar-refractivity contribution in [2.24, 2.45) is 0 Å². The summed E-state index contributed by atoms with van der Waals surface area (Å²) in [6.07, 6.45) is 1.45. The van der Waals surface area contributed by atoms with Gasteiger partial charge in [0.05, 0.1) is 0 Å². The van der Waals surface area contributed by atoms with Crippen LogP contribution in [0.2, 0.25) is 0 Å². The Morgan fingerprint density at radius 3 is 2.65 bits per heavy atom. The lowest BCUT2D eigenvalue weighted by Gasteiger charge is -2.16. The molecule has 7 heteroatoms. The fourth-order valence-electron chi connectivity index (χ4n) is 1.24. The van der Waals surface area contributed by atoms with Crippen LogP contribution in [0, 0.1) is 0 Å². The summed E-state index contributed by atoms with van der Waals surface area (Å²) in [6.45, 7) is 5.52. The average molecular weight is 259 g/mol. The maximum Gasteiger partial charge on any atom is 0.371 e. The fraction of sp³-hybridized carbons (Fsp3) is 0.300. The molecule has 0 amide bonds. The van der Waals surface area contributed by atoms with Gasteiger partial charge < -0.3 is 9.52 Å². The van der Waals surface area contributed by atoms with E-state index in [-0.39, 0.29) is 18.2 Å². The summed E-state index contributed by atoms with van der Waals surface area (Å²) >= 11 is 0. The summed E-state index contributed by atoms with van der Waals surface area (Å²) in [5.41, 5.74) is 0. The predicted octanol–water partition coefficient (Wildman–Crippen LogP) is 1.17. The third kappa shape index (κ3) is 2.75. The fourth-order valence-corrected chi connectivity index (χ4v) is 2.57. The molecule has 0 fully saturated rings. The number of rotatable bonds is 6. The Kier molecular flexibility index (Phi) is 4.08. The van der Waals surface area contributed by atoms with E-state index in [1.165, 1.54) is 6.08 Å². The highest BCUT2D eigenvalue weighted by atomic mass is 32.2. The maximum atomic E-state index is 12.0. The van der Waals surface area contributed by atoms with E-state index in [9.17, 15) is 13.2 Å². The Hall–Kier alpha value is -1.60. The smallest absolute Gasteiger partial charge is 0.371 e. The topological polar surface area (TPSA) is 87.8 Å². The molecule has 1 N–H and O–H groups in total. The molecular weight excluding hydrogens is 246 g/mol. The molecule has 1 rings (SSSR count). The average Bonchev–Trinajstić information content (AvgIpc) is 2.75. The van der Waals surface area contributed by atoms with Gasteiger partial charge in [-0.1, -0.05) is 13.0 Å². The van der Waals surface area contributed by atoms with Crippen LogP contribution >= 0.6 is 0 Å². The normalized spacial score (nSPS) is 11.6. The van der Waals surface area contributed by atoms with E-state index in [1.54, 1.807) is 6.92 Å². The molecular formula is C10H13NO5S. The first-order valence-electron chi connectivity index (χ1n) is 4.87. The largest absolute Gasteiger partial charge is 0.475 e. The quantitative estimate of drug-likeness (QED) is 0.775. The van der Waals surface area contributed by atoms with Gasteiger partial charge in [-0.15, -0.1) is 6.58 Å². The minimum absolute atomic E-state index is 0.141. The highest BCUT2D eigenvalue weighted by molar-refractivity contribution is 7.89. The van der Waals surface area contributed by atoms with Crippen molar-refractivity contribution in [2.75, 3.05) is 13.1 Å². The second kappa shape index (κ2) is 5.15. The van der Waals surface area contributed by atoms with Gasteiger partial charge in [-0.25, -0.2) is 13.2 Å². The third-order valence-electron chi connectivity index (χ3n) is 2.07. The van der Waals surface area contributed by atoms with Crippen LogP contribution in [-0.2, 0) is 10.0 Å². The molecule has 1 heterocycles. The number of sulfonamides is 1. The van der Waals surface area contributed by atoms with Gasteiger partial charge in [0, 0.05) is 13.1 Å². The van der Waals surface area contributed by atoms with E-state index < -0.39 is 21.8 Å². The van der Waals surface area contributed by atoms with Gasteiger partial charge in [0.2, 0.25) is 10.9 Å². The monoisotopic (exact) mass is 259 g/mol. The van der Waals surface area contributed by atoms with Gasteiger partial charge in [0.1, 0.15) is 0 Å². The van der Waals surface area contributed by atoms with Crippen LogP contribution in [0.5, 0.6) is 0 Å². The van der Waals surface area contributed by atoms with Gasteiger partial charge >= 0.3 is 5.97 Å². The summed E-state index contributed by atoms with van der Waals surface area (Å²) in [5, 5.41) is 8.27. The molecule has 1 aromatic rings. The van der Waals surface area contributed by atoms with Crippen LogP contribution in [0.4, 0.5) is 0 Å². The Labute approximate surface area is 99.2 Å². The van der Waals surface area contributed by atoms with Crippen molar-refractivity contribution in [3.05, 3.63) is 30.5 Å². The Morgan fingerprint density at radius 2 is 2.24 bits per heavy atom. The number of hydrogen-bond acceptors (Lipinski definition) is 4. The molecule has 0 radical (unpaired) electrons. The zero-order chi connectivity index (χ0) is 13.1. The lowest BCUT2D eigenvalue weighted by atomic mass is 10.5. The number of likely N-dealkylation sites (N-methyl/N-ethyl adjacent to an activating group) is 1. The first kappa shape index (κ1) is 13.5. The third-order valence-corrected chi connectivity index (χ3v) is 3.89. The maximum absolute atomic E-state index is 12.0. The SMILES string of the molecule is C=CCN(CC)S(=O)(=O)c1ccc(C(=O)O)o1. The summed E-state index contributed by atoms with van der Waals surface area (Å²) in [5.74, 6) is -1.71. The van der Waals surface area contributed by atoms with Crippen molar-refractivity contribution >= 4 is 16.0 Å². The number of hydrogen-bond donors (Lipinski definition) is 1. The van der Waals surface area contributed by atoms with E-state index in [0.29, 0.717) is 0 Å². The number of carboxylic acid groups (broad SMARTS) is 1. The molecule has 6 nitrogen and oxygen atoms in total. The van der Waals surface area contributed by atoms with E-state index >= 15 is 0 Å². The molecule has 0 aromatic carbocycles. The van der Waals surface area contributed by atoms with Gasteiger partial charge in [0.15, 0.2) is 0 Å². The van der Waals surface area contributed by atoms with Gasteiger partial charge in [-0.05, 0) is 12.1 Å². The first-order chi connectivity index (χ1) is 7.93. The Morgan fingerprint density at radius 1 is 1.59 bits per heavy atom. The van der Waals surface area contributed by atoms with Crippen LogP contribution < -0.4 is 0 Å². The molecule has 0 saturated heterocycles. The second-order valence-electron chi connectivity index (χ2n) is 3.17. The van der Waals surface area contributed by atoms with E-state index in [4.69, 9.17) is 9.52 Å². The lowest BCUT2D eigenvalue weighted by molar-refractivity contribution is 0.0656. The number of carboxylic acids is 1. The second-order valence-corrected chi connectivity index (χ2v) is 5.04. The zero-order valence-corrected chi connectivity index (χ0v) is 10.1. The highest BCUT2D eigenvalue weighted by Gasteiger charge is 2.26. The molecule has 0 bridgehead atoms. The van der Waals surface area contributed by atoms with Gasteiger partial charge in [-0.3, -0.25) is 0 Å². The molecule has 0 unspecified atom stereocenters. The van der Waals surface area contributed by atoms with Crippen molar-refractivity contribution in [3.8, 4) is 0 Å². The van der Waals surface area contributed by atoms with E-state index in [2.05, 4.69) is 6.58 Å². The van der Waals surface area contributed by atoms with Gasteiger partial charge in [0.25, 0.3) is 10.0 Å². The van der Waals surface area contributed by atoms with Crippen molar-refractivity contribution in [1.29, 1.82) is 0 Å². The van der Waals surface area contributed by atoms with Crippen LogP contribution in [0.15, 0.2) is 34.3 Å². The van der Waals surface area contributed by atoms with Crippen LogP contribution in [-0.4, -0.2) is 36.9 Å². The minimum Gasteiger partial charge on any atom is -0.475 e. The number of aromatic carboxylic acids is 1. The molecule has 0 atom stereocenters. The van der Waals surface area contributed by atoms with Crippen molar-refractivity contribution < 1.29 is 22.7 Å². The zero-order valence-electron chi connectivity index (χ0n) is 9.29. The standard InChI is InChI=1S/C10H13NO5S/c1-3-7-11(4-2)17(14,15)9-6-5-8(16-9)10(12)13/h3,5-6H,1,4,7H2,2H3,(H,12,13). The minimum atomic E-state index is -3.79. The van der Waals surface area contributed by atoms with Crippen molar-refractivity contribution in [3.63, 3.8) is 0 Å². The number of furan rings is 1. The Balaban J connectivity index is 3.11. The molecule has 94 valence electrons. The van der Waals surface area contributed by atoms with Crippen molar-refractivity contribution in [1.82, 2.24) is 4.31 Å². The summed E-state index contributed by atoms with van der Waals surface area (Å²) < 4.78 is 29.9. The molecule has 0 aliphatic rings. The van der Waals surface area contributed by atoms with Gasteiger partial charge in [-0.2, -0.15) is 4.31 Å². The molecule has 17 heavy (non-hydrogen) atoms. The summed E-state index contributed by atoms with van der Waals surface area (Å²) in [6, 6.07) is 2.24. The van der Waals surface area contributed by atoms with Crippen molar-refractivity contribution in [2.45, 2.75) is 12.0 Å². The number of nitrogens with zero attached hydrogens (tertiary/aromatic N) is 1. The lowest BCUT2D eigenvalue weighted by Crippen LogP contribution is -2.30. The summed E-state index contributed by atoms with van der Waals surface area (Å²) in [7, 11) is -3.79. The highest BCUT2D eigenvalue weighted by Crippen LogP contribution is 2.18. The molecule has 1 aromatic heterocycles. The molecule has 0 aliphatic heterocycles. The summed E-state index contributed by atoms with van der Waals surface area (Å²) in [4.78, 5) is 10.6. The van der Waals surface area contributed by atoms with E-state index in [0.717, 1.165) is 16.4 Å².